The third-order valence-corrected chi connectivity index (χ3v) is 4.65. The molecule has 1 aliphatic rings. The molecule has 6 heteroatoms. The summed E-state index contributed by atoms with van der Waals surface area (Å²) >= 11 is 0. The molecule has 3 aromatic rings. The van der Waals surface area contributed by atoms with Gasteiger partial charge in [-0.15, -0.1) is 0 Å². The highest BCUT2D eigenvalue weighted by Gasteiger charge is 2.38. The third-order valence-electron chi connectivity index (χ3n) is 4.65. The topological polar surface area (TPSA) is 76.3 Å². The van der Waals surface area contributed by atoms with Gasteiger partial charge in [-0.25, -0.2) is 4.39 Å². The van der Waals surface area contributed by atoms with Crippen LogP contribution in [0.1, 0.15) is 21.6 Å². The predicted molar refractivity (Wildman–Crippen MR) is 96.4 cm³/mol. The van der Waals surface area contributed by atoms with Crippen LogP contribution in [-0.4, -0.2) is 22.8 Å². The highest BCUT2D eigenvalue weighted by Crippen LogP contribution is 2.34. The molecule has 0 spiro atoms. The second kappa shape index (κ2) is 5.91. The Balaban J connectivity index is 1.90. The van der Waals surface area contributed by atoms with Gasteiger partial charge in [-0.2, -0.15) is 0 Å². The van der Waals surface area contributed by atoms with Crippen LogP contribution in [0, 0.1) is 12.7 Å². The Kier molecular flexibility index (Phi) is 3.68. The lowest BCUT2D eigenvalue weighted by atomic mass is 10.1. The Morgan fingerprint density at radius 3 is 2.73 bits per heavy atom. The molecule has 0 aliphatic carbocycles. The number of nitrogens with two attached hydrogens (primary N) is 1. The van der Waals surface area contributed by atoms with Gasteiger partial charge < -0.3 is 5.73 Å². The van der Waals surface area contributed by atoms with Crippen LogP contribution < -0.4 is 10.6 Å². The molecule has 4 rings (SSSR count). The van der Waals surface area contributed by atoms with Crippen molar-refractivity contribution in [2.45, 2.75) is 19.4 Å². The molecule has 26 heavy (non-hydrogen) atoms. The SMILES string of the molecule is Cc1cc(C(=O)N2c3ccccc3C[C@H]2C(N)=O)c2ccc(F)cc2n1. The highest BCUT2D eigenvalue weighted by atomic mass is 19.1. The zero-order valence-corrected chi connectivity index (χ0v) is 14.1. The number of anilines is 1. The maximum absolute atomic E-state index is 13.6. The molecule has 2 amide bonds. The first-order valence-corrected chi connectivity index (χ1v) is 8.23. The third kappa shape index (κ3) is 2.50. The molecule has 2 N–H and O–H groups in total. The average Bonchev–Trinajstić information content (AvgIpc) is 3.00. The molecular formula is C20H16FN3O2. The van der Waals surface area contributed by atoms with Crippen molar-refractivity contribution in [2.75, 3.05) is 4.90 Å². The van der Waals surface area contributed by atoms with E-state index in [2.05, 4.69) is 4.98 Å². The maximum Gasteiger partial charge on any atom is 0.259 e. The summed E-state index contributed by atoms with van der Waals surface area (Å²) in [7, 11) is 0. The number of primary amides is 1. The van der Waals surface area contributed by atoms with Crippen molar-refractivity contribution in [3.05, 3.63) is 71.2 Å². The Morgan fingerprint density at radius 2 is 1.96 bits per heavy atom. The van der Waals surface area contributed by atoms with E-state index in [0.717, 1.165) is 5.56 Å². The summed E-state index contributed by atoms with van der Waals surface area (Å²) in [5.41, 5.74) is 8.48. The van der Waals surface area contributed by atoms with Crippen molar-refractivity contribution in [3.8, 4) is 0 Å². The van der Waals surface area contributed by atoms with Gasteiger partial charge in [0, 0.05) is 29.3 Å². The second-order valence-corrected chi connectivity index (χ2v) is 6.40. The molecule has 1 atom stereocenters. The lowest BCUT2D eigenvalue weighted by Crippen LogP contribution is -2.46. The largest absolute Gasteiger partial charge is 0.368 e. The molecule has 1 aliphatic heterocycles. The number of amides is 2. The number of nitrogens with zero attached hydrogens (tertiary/aromatic N) is 2. The van der Waals surface area contributed by atoms with Crippen molar-refractivity contribution in [2.24, 2.45) is 5.73 Å². The van der Waals surface area contributed by atoms with Crippen LogP contribution in [0.15, 0.2) is 48.5 Å². The molecule has 0 saturated carbocycles. The van der Waals surface area contributed by atoms with E-state index < -0.39 is 17.8 Å². The molecule has 5 nitrogen and oxygen atoms in total. The normalized spacial score (nSPS) is 15.9. The number of hydrogen-bond donors (Lipinski definition) is 1. The van der Waals surface area contributed by atoms with Crippen LogP contribution in [0.4, 0.5) is 10.1 Å². The number of benzene rings is 2. The van der Waals surface area contributed by atoms with E-state index >= 15 is 0 Å². The molecule has 2 heterocycles. The zero-order chi connectivity index (χ0) is 18.4. The van der Waals surface area contributed by atoms with Crippen LogP contribution in [0.25, 0.3) is 10.9 Å². The Bertz CT molecular complexity index is 1060. The fraction of sp³-hybridized carbons (Fsp3) is 0.150. The van der Waals surface area contributed by atoms with Crippen molar-refractivity contribution < 1.29 is 14.0 Å². The zero-order valence-electron chi connectivity index (χ0n) is 14.1. The summed E-state index contributed by atoms with van der Waals surface area (Å²) in [6.45, 7) is 1.74. The fourth-order valence-electron chi connectivity index (χ4n) is 3.51. The average molecular weight is 349 g/mol. The van der Waals surface area contributed by atoms with Gasteiger partial charge >= 0.3 is 0 Å². The molecule has 0 unspecified atom stereocenters. The van der Waals surface area contributed by atoms with Crippen LogP contribution in [0.3, 0.4) is 0 Å². The number of aromatic nitrogens is 1. The number of para-hydroxylation sites is 1. The molecular weight excluding hydrogens is 333 g/mol. The first-order chi connectivity index (χ1) is 12.5. The van der Waals surface area contributed by atoms with Crippen molar-refractivity contribution in [3.63, 3.8) is 0 Å². The maximum atomic E-state index is 13.6. The summed E-state index contributed by atoms with van der Waals surface area (Å²) < 4.78 is 13.6. The van der Waals surface area contributed by atoms with E-state index in [1.54, 1.807) is 19.1 Å². The molecule has 0 radical (unpaired) electrons. The van der Waals surface area contributed by atoms with Gasteiger partial charge in [-0.05, 0) is 36.8 Å². The van der Waals surface area contributed by atoms with Crippen LogP contribution in [0.5, 0.6) is 0 Å². The number of aryl methyl sites for hydroxylation is 1. The minimum atomic E-state index is -0.746. The lowest BCUT2D eigenvalue weighted by Gasteiger charge is -2.24. The summed E-state index contributed by atoms with van der Waals surface area (Å²) in [6, 6.07) is 12.4. The summed E-state index contributed by atoms with van der Waals surface area (Å²) in [5.74, 6) is -1.33. The number of halogens is 1. The summed E-state index contributed by atoms with van der Waals surface area (Å²) in [6.07, 6.45) is 0.383. The molecule has 0 saturated heterocycles. The van der Waals surface area contributed by atoms with Crippen LogP contribution in [0.2, 0.25) is 0 Å². The molecule has 0 bridgehead atoms. The van der Waals surface area contributed by atoms with Crippen LogP contribution >= 0.6 is 0 Å². The Labute approximate surface area is 149 Å². The van der Waals surface area contributed by atoms with Gasteiger partial charge in [0.2, 0.25) is 5.91 Å². The number of rotatable bonds is 2. The smallest absolute Gasteiger partial charge is 0.259 e. The van der Waals surface area contributed by atoms with Crippen LogP contribution in [-0.2, 0) is 11.2 Å². The highest BCUT2D eigenvalue weighted by molar-refractivity contribution is 6.16. The monoisotopic (exact) mass is 349 g/mol. The van der Waals surface area contributed by atoms with Gasteiger partial charge in [-0.1, -0.05) is 18.2 Å². The van der Waals surface area contributed by atoms with E-state index in [1.807, 2.05) is 18.2 Å². The van der Waals surface area contributed by atoms with Gasteiger partial charge in [0.1, 0.15) is 11.9 Å². The van der Waals surface area contributed by atoms with Gasteiger partial charge in [0.15, 0.2) is 0 Å². The fourth-order valence-corrected chi connectivity index (χ4v) is 3.51. The number of fused-ring (bicyclic) bond motifs is 2. The quantitative estimate of drug-likeness (QED) is 0.773. The van der Waals surface area contributed by atoms with Crippen molar-refractivity contribution in [1.29, 1.82) is 0 Å². The van der Waals surface area contributed by atoms with E-state index in [9.17, 15) is 14.0 Å². The van der Waals surface area contributed by atoms with E-state index in [1.165, 1.54) is 23.1 Å². The van der Waals surface area contributed by atoms with Gasteiger partial charge in [0.25, 0.3) is 5.91 Å². The minimum absolute atomic E-state index is 0.346. The first kappa shape index (κ1) is 16.2. The molecule has 130 valence electrons. The van der Waals surface area contributed by atoms with Gasteiger partial charge in [-0.3, -0.25) is 19.5 Å². The van der Waals surface area contributed by atoms with Crippen molar-refractivity contribution >= 4 is 28.4 Å². The summed E-state index contributed by atoms with van der Waals surface area (Å²) in [4.78, 5) is 31.1. The number of carbonyl (C=O) groups is 2. The number of pyridine rings is 1. The molecule has 1 aromatic heterocycles. The second-order valence-electron chi connectivity index (χ2n) is 6.40. The van der Waals surface area contributed by atoms with Crippen molar-refractivity contribution in [1.82, 2.24) is 4.98 Å². The Hall–Kier alpha value is -3.28. The van der Waals surface area contributed by atoms with Gasteiger partial charge in [0.05, 0.1) is 11.1 Å². The molecule has 0 fully saturated rings. The minimum Gasteiger partial charge on any atom is -0.368 e. The first-order valence-electron chi connectivity index (χ1n) is 8.23. The predicted octanol–water partition coefficient (Wildman–Crippen LogP) is 2.74. The number of carbonyl (C=O) groups excluding carboxylic acids is 2. The Morgan fingerprint density at radius 1 is 1.19 bits per heavy atom. The van der Waals surface area contributed by atoms with E-state index in [0.29, 0.717) is 34.3 Å². The lowest BCUT2D eigenvalue weighted by molar-refractivity contribution is -0.119. The standard InChI is InChI=1S/C20H16FN3O2/c1-11-8-15(14-7-6-13(21)10-16(14)23-11)20(26)24-17-5-3-2-4-12(17)9-18(24)19(22)25/h2-8,10,18H,9H2,1H3,(H2,22,25)/t18-/m0/s1. The van der Waals surface area contributed by atoms with E-state index in [4.69, 9.17) is 5.73 Å². The molecule has 2 aromatic carbocycles. The number of hydrogen-bond acceptors (Lipinski definition) is 3. The summed E-state index contributed by atoms with van der Waals surface area (Å²) in [5, 5.41) is 0.537. The van der Waals surface area contributed by atoms with E-state index in [-0.39, 0.29) is 5.91 Å².